The molecule has 0 amide bonds. The molecule has 1 unspecified atom stereocenters. The highest BCUT2D eigenvalue weighted by molar-refractivity contribution is 5.11. The number of aryl methyl sites for hydroxylation is 2. The Morgan fingerprint density at radius 1 is 1.50 bits per heavy atom. The molecule has 1 atom stereocenters. The molecule has 3 nitrogen and oxygen atoms in total. The van der Waals surface area contributed by atoms with Crippen molar-refractivity contribution in [3.8, 4) is 0 Å². The van der Waals surface area contributed by atoms with Crippen LogP contribution in [0, 0.1) is 12.8 Å². The van der Waals surface area contributed by atoms with Gasteiger partial charge in [0.2, 0.25) is 0 Å². The van der Waals surface area contributed by atoms with Crippen molar-refractivity contribution >= 4 is 0 Å². The van der Waals surface area contributed by atoms with Crippen molar-refractivity contribution in [2.75, 3.05) is 0 Å². The number of aliphatic hydroxyl groups excluding tert-OH is 1. The van der Waals surface area contributed by atoms with Crippen LogP contribution in [0.4, 0.5) is 0 Å². The zero-order valence-electron chi connectivity index (χ0n) is 8.07. The topological polar surface area (TPSA) is 38.1 Å². The summed E-state index contributed by atoms with van der Waals surface area (Å²) in [7, 11) is 1.88. The van der Waals surface area contributed by atoms with E-state index in [4.69, 9.17) is 0 Å². The van der Waals surface area contributed by atoms with Crippen LogP contribution in [0.5, 0.6) is 0 Å². The van der Waals surface area contributed by atoms with Crippen LogP contribution in [0.3, 0.4) is 0 Å². The molecule has 0 spiro atoms. The monoisotopic (exact) mass is 168 g/mol. The van der Waals surface area contributed by atoms with Crippen LogP contribution in [-0.4, -0.2) is 14.9 Å². The van der Waals surface area contributed by atoms with Gasteiger partial charge in [-0.2, -0.15) is 5.10 Å². The first-order valence-corrected chi connectivity index (χ1v) is 4.21. The summed E-state index contributed by atoms with van der Waals surface area (Å²) in [5.74, 6) is 0.222. The zero-order valence-corrected chi connectivity index (χ0v) is 8.07. The summed E-state index contributed by atoms with van der Waals surface area (Å²) < 4.78 is 1.78. The van der Waals surface area contributed by atoms with Crippen molar-refractivity contribution in [1.29, 1.82) is 0 Å². The van der Waals surface area contributed by atoms with E-state index in [1.165, 1.54) is 0 Å². The highest BCUT2D eigenvalue weighted by Gasteiger charge is 2.15. The van der Waals surface area contributed by atoms with Crippen molar-refractivity contribution < 1.29 is 5.11 Å². The number of rotatable bonds is 2. The van der Waals surface area contributed by atoms with Crippen LogP contribution < -0.4 is 0 Å². The van der Waals surface area contributed by atoms with Gasteiger partial charge < -0.3 is 5.11 Å². The molecule has 1 rings (SSSR count). The first-order valence-electron chi connectivity index (χ1n) is 4.21. The molecule has 0 aliphatic carbocycles. The Hall–Kier alpha value is -0.830. The summed E-state index contributed by atoms with van der Waals surface area (Å²) in [6.45, 7) is 5.94. The van der Waals surface area contributed by atoms with Gasteiger partial charge in [-0.1, -0.05) is 13.8 Å². The molecule has 0 radical (unpaired) electrons. The van der Waals surface area contributed by atoms with Crippen molar-refractivity contribution in [1.82, 2.24) is 9.78 Å². The lowest BCUT2D eigenvalue weighted by Crippen LogP contribution is -2.06. The second-order valence-corrected chi connectivity index (χ2v) is 3.52. The minimum Gasteiger partial charge on any atom is -0.386 e. The highest BCUT2D eigenvalue weighted by Crippen LogP contribution is 2.19. The summed E-state index contributed by atoms with van der Waals surface area (Å²) in [6, 6.07) is 1.92. The van der Waals surface area contributed by atoms with Crippen LogP contribution in [-0.2, 0) is 7.05 Å². The van der Waals surface area contributed by atoms with E-state index < -0.39 is 6.10 Å². The van der Waals surface area contributed by atoms with Gasteiger partial charge in [0.15, 0.2) is 0 Å². The number of hydrogen-bond donors (Lipinski definition) is 1. The van der Waals surface area contributed by atoms with Crippen molar-refractivity contribution in [2.45, 2.75) is 26.9 Å². The lowest BCUT2D eigenvalue weighted by molar-refractivity contribution is 0.122. The fourth-order valence-corrected chi connectivity index (χ4v) is 1.07. The summed E-state index contributed by atoms with van der Waals surface area (Å²) in [5.41, 5.74) is 1.84. The van der Waals surface area contributed by atoms with Crippen molar-refractivity contribution in [3.05, 3.63) is 17.5 Å². The van der Waals surface area contributed by atoms with Gasteiger partial charge in [-0.05, 0) is 18.9 Å². The van der Waals surface area contributed by atoms with Crippen molar-refractivity contribution in [2.24, 2.45) is 13.0 Å². The molecule has 0 bridgehead atoms. The average molecular weight is 168 g/mol. The molecule has 1 aromatic rings. The Morgan fingerprint density at radius 2 is 2.08 bits per heavy atom. The number of aliphatic hydroxyl groups is 1. The van der Waals surface area contributed by atoms with Crippen LogP contribution in [0.25, 0.3) is 0 Å². The van der Waals surface area contributed by atoms with Gasteiger partial charge in [0, 0.05) is 12.7 Å². The standard InChI is InChI=1S/C9H16N2O/c1-6(2)9(12)8-5-7(3)11(4)10-8/h5-6,9,12H,1-4H3. The second-order valence-electron chi connectivity index (χ2n) is 3.52. The zero-order chi connectivity index (χ0) is 9.30. The van der Waals surface area contributed by atoms with Gasteiger partial charge in [-0.15, -0.1) is 0 Å². The summed E-state index contributed by atoms with van der Waals surface area (Å²) in [4.78, 5) is 0. The molecule has 1 heterocycles. The molecular weight excluding hydrogens is 152 g/mol. The quantitative estimate of drug-likeness (QED) is 0.725. The molecule has 1 N–H and O–H groups in total. The molecule has 0 aromatic carbocycles. The molecule has 1 aromatic heterocycles. The summed E-state index contributed by atoms with van der Waals surface area (Å²) >= 11 is 0. The van der Waals surface area contributed by atoms with E-state index >= 15 is 0 Å². The summed E-state index contributed by atoms with van der Waals surface area (Å²) in [5, 5.41) is 13.9. The minimum atomic E-state index is -0.440. The maximum Gasteiger partial charge on any atom is 0.100 e. The third kappa shape index (κ3) is 1.67. The van der Waals surface area contributed by atoms with E-state index in [1.54, 1.807) is 4.68 Å². The second kappa shape index (κ2) is 3.27. The summed E-state index contributed by atoms with van der Waals surface area (Å²) in [6.07, 6.45) is -0.440. The smallest absolute Gasteiger partial charge is 0.100 e. The van der Waals surface area contributed by atoms with Gasteiger partial charge in [-0.25, -0.2) is 0 Å². The Labute approximate surface area is 73.0 Å². The van der Waals surface area contributed by atoms with E-state index in [9.17, 15) is 5.11 Å². The maximum absolute atomic E-state index is 9.66. The van der Waals surface area contributed by atoms with Crippen LogP contribution >= 0.6 is 0 Å². The third-order valence-electron chi connectivity index (χ3n) is 2.07. The number of nitrogens with zero attached hydrogens (tertiary/aromatic N) is 2. The number of hydrogen-bond acceptors (Lipinski definition) is 2. The maximum atomic E-state index is 9.66. The fraction of sp³-hybridized carbons (Fsp3) is 0.667. The number of aromatic nitrogens is 2. The average Bonchev–Trinajstić information content (AvgIpc) is 2.30. The predicted octanol–water partition coefficient (Wildman–Crippen LogP) is 1.42. The van der Waals surface area contributed by atoms with Crippen molar-refractivity contribution in [3.63, 3.8) is 0 Å². The van der Waals surface area contributed by atoms with Crippen LogP contribution in [0.2, 0.25) is 0 Å². The first-order chi connectivity index (χ1) is 5.52. The van der Waals surface area contributed by atoms with Crippen LogP contribution in [0.15, 0.2) is 6.07 Å². The molecule has 0 aliphatic rings. The SMILES string of the molecule is Cc1cc(C(O)C(C)C)nn1C. The van der Waals surface area contributed by atoms with Crippen LogP contribution in [0.1, 0.15) is 31.3 Å². The van der Waals surface area contributed by atoms with E-state index in [2.05, 4.69) is 5.10 Å². The normalized spacial score (nSPS) is 13.8. The lowest BCUT2D eigenvalue weighted by atomic mass is 10.0. The molecule has 0 aliphatic heterocycles. The van der Waals surface area contributed by atoms with Gasteiger partial charge in [0.05, 0.1) is 5.69 Å². The molecule has 3 heteroatoms. The van der Waals surface area contributed by atoms with Gasteiger partial charge in [0.1, 0.15) is 6.10 Å². The van der Waals surface area contributed by atoms with Gasteiger partial charge in [0.25, 0.3) is 0 Å². The molecule has 12 heavy (non-hydrogen) atoms. The Morgan fingerprint density at radius 3 is 2.42 bits per heavy atom. The predicted molar refractivity (Wildman–Crippen MR) is 47.7 cm³/mol. The van der Waals surface area contributed by atoms with E-state index in [1.807, 2.05) is 33.9 Å². The lowest BCUT2D eigenvalue weighted by Gasteiger charge is -2.10. The highest BCUT2D eigenvalue weighted by atomic mass is 16.3. The molecule has 0 saturated heterocycles. The molecule has 68 valence electrons. The largest absolute Gasteiger partial charge is 0.386 e. The molecule has 0 saturated carbocycles. The Kier molecular flexibility index (Phi) is 2.52. The fourth-order valence-electron chi connectivity index (χ4n) is 1.07. The van der Waals surface area contributed by atoms with E-state index in [0.717, 1.165) is 11.4 Å². The Balaban J connectivity index is 2.89. The van der Waals surface area contributed by atoms with E-state index in [-0.39, 0.29) is 5.92 Å². The van der Waals surface area contributed by atoms with E-state index in [0.29, 0.717) is 0 Å². The third-order valence-corrected chi connectivity index (χ3v) is 2.07. The molecule has 0 fully saturated rings. The van der Waals surface area contributed by atoms with Gasteiger partial charge in [-0.3, -0.25) is 4.68 Å². The first kappa shape index (κ1) is 9.26. The minimum absolute atomic E-state index is 0.222. The Bertz CT molecular complexity index is 246. The van der Waals surface area contributed by atoms with Gasteiger partial charge >= 0.3 is 0 Å². The molecular formula is C9H16N2O.